The molecule has 1 saturated heterocycles. The van der Waals surface area contributed by atoms with Crippen LogP contribution in [0.25, 0.3) is 10.8 Å². The molecule has 0 bridgehead atoms. The fourth-order valence-corrected chi connectivity index (χ4v) is 3.22. The van der Waals surface area contributed by atoms with Gasteiger partial charge in [0.25, 0.3) is 0 Å². The van der Waals surface area contributed by atoms with Gasteiger partial charge in [0, 0.05) is 13.0 Å². The molecule has 26 heavy (non-hydrogen) atoms. The number of benzene rings is 2. The van der Waals surface area contributed by atoms with Crippen LogP contribution < -0.4 is 4.74 Å². The lowest BCUT2D eigenvalue weighted by Crippen LogP contribution is -2.34. The molecule has 0 N–H and O–H groups in total. The van der Waals surface area contributed by atoms with Crippen LogP contribution in [0.4, 0.5) is 0 Å². The maximum Gasteiger partial charge on any atom is 0.314 e. The van der Waals surface area contributed by atoms with Crippen molar-refractivity contribution in [3.8, 4) is 5.75 Å². The summed E-state index contributed by atoms with van der Waals surface area (Å²) in [5, 5.41) is 2.11. The van der Waals surface area contributed by atoms with Crippen LogP contribution in [0, 0.1) is 0 Å². The normalized spacial score (nSPS) is 16.2. The van der Waals surface area contributed by atoms with Gasteiger partial charge in [-0.2, -0.15) is 0 Å². The Morgan fingerprint density at radius 1 is 1.12 bits per heavy atom. The molecule has 0 radical (unpaired) electrons. The first-order chi connectivity index (χ1) is 12.6. The summed E-state index contributed by atoms with van der Waals surface area (Å²) in [6, 6.07) is 11.8. The molecule has 1 aliphatic rings. The molecule has 5 heteroatoms. The van der Waals surface area contributed by atoms with Crippen molar-refractivity contribution in [2.45, 2.75) is 38.5 Å². The Balaban J connectivity index is 1.65. The van der Waals surface area contributed by atoms with Gasteiger partial charge in [-0.05, 0) is 48.2 Å². The number of carbonyl (C=O) groups is 2. The zero-order valence-corrected chi connectivity index (χ0v) is 15.4. The minimum atomic E-state index is -0.386. The average molecular weight is 355 g/mol. The van der Waals surface area contributed by atoms with E-state index in [9.17, 15) is 9.59 Å². The van der Waals surface area contributed by atoms with E-state index in [0.29, 0.717) is 13.0 Å². The van der Waals surface area contributed by atoms with Gasteiger partial charge in [0.2, 0.25) is 5.91 Å². The molecular formula is C21H25NO4. The highest BCUT2D eigenvalue weighted by Gasteiger charge is 2.21. The highest BCUT2D eigenvalue weighted by molar-refractivity contribution is 5.87. The lowest BCUT2D eigenvalue weighted by molar-refractivity contribution is -0.153. The molecular weight excluding hydrogens is 330 g/mol. The molecule has 2 aromatic rings. The van der Waals surface area contributed by atoms with E-state index >= 15 is 0 Å². The summed E-state index contributed by atoms with van der Waals surface area (Å²) >= 11 is 0. The highest BCUT2D eigenvalue weighted by atomic mass is 16.5. The Bertz CT molecular complexity index is 802. The number of likely N-dealkylation sites (tertiary alicyclic amines) is 1. The molecule has 5 nitrogen and oxygen atoms in total. The number of esters is 1. The van der Waals surface area contributed by atoms with Gasteiger partial charge in [-0.1, -0.05) is 30.7 Å². The third kappa shape index (κ3) is 4.15. The molecule has 138 valence electrons. The van der Waals surface area contributed by atoms with Crippen molar-refractivity contribution >= 4 is 22.6 Å². The summed E-state index contributed by atoms with van der Waals surface area (Å²) < 4.78 is 10.7. The summed E-state index contributed by atoms with van der Waals surface area (Å²) in [5.41, 5.74) is 0.898. The number of methoxy groups -OCH3 is 1. The monoisotopic (exact) mass is 355 g/mol. The van der Waals surface area contributed by atoms with Gasteiger partial charge in [0.05, 0.1) is 13.0 Å². The molecule has 1 aliphatic heterocycles. The van der Waals surface area contributed by atoms with E-state index < -0.39 is 0 Å². The highest BCUT2D eigenvalue weighted by Crippen LogP contribution is 2.26. The third-order valence-corrected chi connectivity index (χ3v) is 4.96. The zero-order chi connectivity index (χ0) is 18.5. The molecule has 0 spiro atoms. The Morgan fingerprint density at radius 3 is 2.69 bits per heavy atom. The van der Waals surface area contributed by atoms with Crippen molar-refractivity contribution in [1.29, 1.82) is 0 Å². The Labute approximate surface area is 153 Å². The van der Waals surface area contributed by atoms with Crippen LogP contribution in [0.15, 0.2) is 36.4 Å². The van der Waals surface area contributed by atoms with E-state index in [0.717, 1.165) is 41.3 Å². The number of nitrogens with zero attached hydrogens (tertiary/aromatic N) is 1. The molecule has 0 saturated carbocycles. The molecule has 1 atom stereocenters. The van der Waals surface area contributed by atoms with Crippen molar-refractivity contribution in [3.05, 3.63) is 42.0 Å². The molecule has 1 fully saturated rings. The van der Waals surface area contributed by atoms with Crippen molar-refractivity contribution in [3.63, 3.8) is 0 Å². The predicted molar refractivity (Wildman–Crippen MR) is 100 cm³/mol. The van der Waals surface area contributed by atoms with Crippen molar-refractivity contribution < 1.29 is 19.1 Å². The van der Waals surface area contributed by atoms with Crippen LogP contribution in [0.1, 0.15) is 44.1 Å². The smallest absolute Gasteiger partial charge is 0.314 e. The second-order valence-corrected chi connectivity index (χ2v) is 6.75. The summed E-state index contributed by atoms with van der Waals surface area (Å²) in [4.78, 5) is 26.1. The minimum absolute atomic E-state index is 0.0484. The summed E-state index contributed by atoms with van der Waals surface area (Å²) in [6.07, 6.45) is 3.48. The molecule has 0 aromatic heterocycles. The van der Waals surface area contributed by atoms with Crippen LogP contribution in [-0.4, -0.2) is 37.2 Å². The Hall–Kier alpha value is -2.56. The lowest BCUT2D eigenvalue weighted by Gasteiger charge is -2.21. The first-order valence-electron chi connectivity index (χ1n) is 9.10. The lowest BCUT2D eigenvalue weighted by atomic mass is 9.98. The largest absolute Gasteiger partial charge is 0.497 e. The van der Waals surface area contributed by atoms with Crippen molar-refractivity contribution in [1.82, 2.24) is 4.90 Å². The molecule has 2 aromatic carbocycles. The van der Waals surface area contributed by atoms with Crippen LogP contribution >= 0.6 is 0 Å². The molecule has 0 aliphatic carbocycles. The van der Waals surface area contributed by atoms with E-state index in [1.54, 1.807) is 12.0 Å². The second-order valence-electron chi connectivity index (χ2n) is 6.75. The average Bonchev–Trinajstić information content (AvgIpc) is 2.88. The van der Waals surface area contributed by atoms with Gasteiger partial charge in [0.1, 0.15) is 5.75 Å². The van der Waals surface area contributed by atoms with Gasteiger partial charge in [-0.25, -0.2) is 0 Å². The van der Waals surface area contributed by atoms with Gasteiger partial charge in [0.15, 0.2) is 6.73 Å². The number of hydrogen-bond acceptors (Lipinski definition) is 4. The van der Waals surface area contributed by atoms with E-state index in [4.69, 9.17) is 9.47 Å². The number of hydrogen-bond donors (Lipinski definition) is 0. The summed E-state index contributed by atoms with van der Waals surface area (Å²) in [5.74, 6) is 0.181. The maximum absolute atomic E-state index is 12.4. The number of ether oxygens (including phenoxy) is 2. The summed E-state index contributed by atoms with van der Waals surface area (Å²) in [6.45, 7) is 2.54. The number of rotatable bonds is 5. The van der Waals surface area contributed by atoms with E-state index in [-0.39, 0.29) is 24.5 Å². The SMILES string of the molecule is COc1ccc2cc(C(C)C(=O)OCN3CCCCCC3=O)ccc2c1. The number of carbonyl (C=O) groups excluding carboxylic acids is 2. The molecule has 1 amide bonds. The van der Waals surface area contributed by atoms with Crippen LogP contribution in [0.5, 0.6) is 5.75 Å². The summed E-state index contributed by atoms with van der Waals surface area (Å²) in [7, 11) is 1.64. The van der Waals surface area contributed by atoms with Crippen LogP contribution in [0.2, 0.25) is 0 Å². The van der Waals surface area contributed by atoms with Crippen LogP contribution in [0.3, 0.4) is 0 Å². The second kappa shape index (κ2) is 8.21. The third-order valence-electron chi connectivity index (χ3n) is 4.96. The fourth-order valence-electron chi connectivity index (χ4n) is 3.22. The minimum Gasteiger partial charge on any atom is -0.497 e. The van der Waals surface area contributed by atoms with Crippen molar-refractivity contribution in [2.24, 2.45) is 0 Å². The van der Waals surface area contributed by atoms with E-state index in [1.807, 2.05) is 43.3 Å². The number of amides is 1. The van der Waals surface area contributed by atoms with Crippen molar-refractivity contribution in [2.75, 3.05) is 20.4 Å². The number of fused-ring (bicyclic) bond motifs is 1. The fraction of sp³-hybridized carbons (Fsp3) is 0.429. The maximum atomic E-state index is 12.4. The van der Waals surface area contributed by atoms with Gasteiger partial charge in [-0.3, -0.25) is 9.59 Å². The quantitative estimate of drug-likeness (QED) is 0.765. The topological polar surface area (TPSA) is 55.8 Å². The molecule has 1 heterocycles. The van der Waals surface area contributed by atoms with Gasteiger partial charge in [-0.15, -0.1) is 0 Å². The van der Waals surface area contributed by atoms with E-state index in [1.165, 1.54) is 0 Å². The first kappa shape index (κ1) is 18.2. The standard InChI is InChI=1S/C21H25NO4/c1-15(21(24)26-14-22-11-5-3-4-6-20(22)23)16-7-8-18-13-19(25-2)10-9-17(18)12-16/h7-10,12-13,15H,3-6,11,14H2,1-2H3. The predicted octanol–water partition coefficient (Wildman–Crippen LogP) is 3.86. The molecule has 3 rings (SSSR count). The zero-order valence-electron chi connectivity index (χ0n) is 15.4. The van der Waals surface area contributed by atoms with Crippen LogP contribution in [-0.2, 0) is 14.3 Å². The van der Waals surface area contributed by atoms with E-state index in [2.05, 4.69) is 0 Å². The van der Waals surface area contributed by atoms with Gasteiger partial charge < -0.3 is 14.4 Å². The first-order valence-corrected chi connectivity index (χ1v) is 9.10. The Morgan fingerprint density at radius 2 is 1.88 bits per heavy atom. The van der Waals surface area contributed by atoms with Gasteiger partial charge >= 0.3 is 5.97 Å². The Kier molecular flexibility index (Phi) is 5.76. The molecule has 1 unspecified atom stereocenters.